The highest BCUT2D eigenvalue weighted by Gasteiger charge is 2.09. The van der Waals surface area contributed by atoms with E-state index in [1.54, 1.807) is 11.3 Å². The minimum absolute atomic E-state index is 0.333. The van der Waals surface area contributed by atoms with E-state index in [4.69, 9.17) is 0 Å². The van der Waals surface area contributed by atoms with Gasteiger partial charge in [0.1, 0.15) is 0 Å². The van der Waals surface area contributed by atoms with Gasteiger partial charge in [-0.2, -0.15) is 12.6 Å². The molecule has 1 heterocycles. The van der Waals surface area contributed by atoms with Gasteiger partial charge in [0, 0.05) is 10.1 Å². The van der Waals surface area contributed by atoms with Crippen molar-refractivity contribution < 1.29 is 0 Å². The molecular formula is C8H12NS2. The van der Waals surface area contributed by atoms with Gasteiger partial charge in [-0.1, -0.05) is 13.3 Å². The fourth-order valence-electron chi connectivity index (χ4n) is 0.955. The molecule has 3 heteroatoms. The van der Waals surface area contributed by atoms with Crippen molar-refractivity contribution in [2.45, 2.75) is 25.0 Å². The lowest BCUT2D eigenvalue weighted by molar-refractivity contribution is 0.830. The lowest BCUT2D eigenvalue weighted by Gasteiger charge is -2.06. The van der Waals surface area contributed by atoms with Gasteiger partial charge in [0.15, 0.2) is 0 Å². The van der Waals surface area contributed by atoms with Gasteiger partial charge < -0.3 is 0 Å². The fraction of sp³-hybridized carbons (Fsp3) is 0.500. The third-order valence-corrected chi connectivity index (χ3v) is 3.30. The Balaban J connectivity index is 2.67. The van der Waals surface area contributed by atoms with E-state index >= 15 is 0 Å². The maximum atomic E-state index is 4.47. The Morgan fingerprint density at radius 1 is 1.82 bits per heavy atom. The average Bonchev–Trinajstić information content (AvgIpc) is 2.36. The van der Waals surface area contributed by atoms with Crippen LogP contribution < -0.4 is 0 Å². The molecule has 0 fully saturated rings. The van der Waals surface area contributed by atoms with Crippen LogP contribution in [0.3, 0.4) is 0 Å². The number of nitrogens with zero attached hydrogens (tertiary/aromatic N) is 1. The van der Waals surface area contributed by atoms with Crippen LogP contribution in [-0.2, 0) is 0 Å². The summed E-state index contributed by atoms with van der Waals surface area (Å²) in [4.78, 5) is 5.46. The van der Waals surface area contributed by atoms with Gasteiger partial charge in [0.05, 0.1) is 11.2 Å². The summed E-state index contributed by atoms with van der Waals surface area (Å²) >= 11 is 6.15. The van der Waals surface area contributed by atoms with E-state index in [2.05, 4.69) is 24.5 Å². The van der Waals surface area contributed by atoms with Crippen LogP contribution in [0.25, 0.3) is 0 Å². The summed E-state index contributed by atoms with van der Waals surface area (Å²) in [5, 5.41) is 0.333. The summed E-state index contributed by atoms with van der Waals surface area (Å²) < 4.78 is 0. The molecule has 1 radical (unpaired) electrons. The minimum atomic E-state index is 0.333. The molecule has 0 spiro atoms. The minimum Gasteiger partial charge on any atom is -0.250 e. The molecule has 0 saturated carbocycles. The Kier molecular flexibility index (Phi) is 3.40. The van der Waals surface area contributed by atoms with Gasteiger partial charge in [-0.3, -0.25) is 0 Å². The number of thiazole rings is 1. The Morgan fingerprint density at radius 3 is 3.00 bits per heavy atom. The first-order valence-electron chi connectivity index (χ1n) is 3.63. The summed E-state index contributed by atoms with van der Waals surface area (Å²) in [5.74, 6) is 0. The highest BCUT2D eigenvalue weighted by atomic mass is 32.1. The summed E-state index contributed by atoms with van der Waals surface area (Å²) in [6.45, 7) is 5.83. The summed E-state index contributed by atoms with van der Waals surface area (Å²) in [7, 11) is 0. The van der Waals surface area contributed by atoms with Crippen LogP contribution in [0.1, 0.15) is 28.7 Å². The van der Waals surface area contributed by atoms with E-state index in [-0.39, 0.29) is 0 Å². The van der Waals surface area contributed by atoms with Gasteiger partial charge in [-0.05, 0) is 13.3 Å². The second-order valence-corrected chi connectivity index (χ2v) is 3.97. The standard InChI is InChI=1S/C8H12NS2/c1-3-4-7(10)8-6(2)9-5-11-8/h5,7,10H,1,3-4H2,2H3. The molecule has 1 aromatic rings. The lowest BCUT2D eigenvalue weighted by Crippen LogP contribution is -1.88. The number of hydrogen-bond donors (Lipinski definition) is 1. The lowest BCUT2D eigenvalue weighted by atomic mass is 10.2. The van der Waals surface area contributed by atoms with Crippen molar-refractivity contribution in [2.24, 2.45) is 0 Å². The van der Waals surface area contributed by atoms with Crippen molar-refractivity contribution in [2.75, 3.05) is 0 Å². The van der Waals surface area contributed by atoms with E-state index in [1.165, 1.54) is 4.88 Å². The van der Waals surface area contributed by atoms with Crippen molar-refractivity contribution in [1.82, 2.24) is 4.98 Å². The third kappa shape index (κ3) is 2.20. The first-order chi connectivity index (χ1) is 5.25. The first-order valence-corrected chi connectivity index (χ1v) is 5.02. The topological polar surface area (TPSA) is 12.9 Å². The average molecular weight is 186 g/mol. The highest BCUT2D eigenvalue weighted by molar-refractivity contribution is 7.80. The normalized spacial score (nSPS) is 13.4. The van der Waals surface area contributed by atoms with Crippen molar-refractivity contribution in [3.05, 3.63) is 23.0 Å². The zero-order chi connectivity index (χ0) is 8.27. The molecule has 0 aromatic carbocycles. The maximum absolute atomic E-state index is 4.47. The zero-order valence-corrected chi connectivity index (χ0v) is 8.29. The molecule has 0 aliphatic carbocycles. The van der Waals surface area contributed by atoms with Crippen LogP contribution in [0.2, 0.25) is 0 Å². The molecule has 0 aliphatic heterocycles. The van der Waals surface area contributed by atoms with E-state index in [1.807, 2.05) is 12.4 Å². The summed E-state index contributed by atoms with van der Waals surface area (Å²) in [6, 6.07) is 0. The maximum Gasteiger partial charge on any atom is 0.0797 e. The monoisotopic (exact) mass is 186 g/mol. The van der Waals surface area contributed by atoms with Crippen molar-refractivity contribution in [1.29, 1.82) is 0 Å². The predicted molar refractivity (Wildman–Crippen MR) is 53.2 cm³/mol. The molecule has 0 amide bonds. The molecule has 1 nitrogen and oxygen atoms in total. The highest BCUT2D eigenvalue weighted by Crippen LogP contribution is 2.30. The van der Waals surface area contributed by atoms with E-state index in [0.717, 1.165) is 18.5 Å². The Hall–Kier alpha value is -0.0200. The van der Waals surface area contributed by atoms with Gasteiger partial charge in [-0.25, -0.2) is 4.98 Å². The van der Waals surface area contributed by atoms with Crippen molar-refractivity contribution in [3.63, 3.8) is 0 Å². The SMILES string of the molecule is [CH2]CCC(S)c1scnc1C. The van der Waals surface area contributed by atoms with Gasteiger partial charge in [-0.15, -0.1) is 11.3 Å². The van der Waals surface area contributed by atoms with Gasteiger partial charge in [0.2, 0.25) is 0 Å². The van der Waals surface area contributed by atoms with Crippen LogP contribution in [-0.4, -0.2) is 4.98 Å². The summed E-state index contributed by atoms with van der Waals surface area (Å²) in [5.41, 5.74) is 2.99. The van der Waals surface area contributed by atoms with Crippen LogP contribution in [0, 0.1) is 13.8 Å². The molecular weight excluding hydrogens is 174 g/mol. The quantitative estimate of drug-likeness (QED) is 0.716. The number of rotatable bonds is 3. The first kappa shape index (κ1) is 9.07. The van der Waals surface area contributed by atoms with Crippen molar-refractivity contribution in [3.8, 4) is 0 Å². The third-order valence-electron chi connectivity index (χ3n) is 1.56. The Bertz CT molecular complexity index is 220. The van der Waals surface area contributed by atoms with Crippen LogP contribution in [0.15, 0.2) is 5.51 Å². The molecule has 1 atom stereocenters. The number of hydrogen-bond acceptors (Lipinski definition) is 3. The molecule has 1 rings (SSSR count). The smallest absolute Gasteiger partial charge is 0.0797 e. The van der Waals surface area contributed by atoms with Crippen LogP contribution >= 0.6 is 24.0 Å². The molecule has 61 valence electrons. The molecule has 0 N–H and O–H groups in total. The number of aromatic nitrogens is 1. The van der Waals surface area contributed by atoms with Gasteiger partial charge in [0.25, 0.3) is 0 Å². The molecule has 0 aliphatic rings. The molecule has 1 unspecified atom stereocenters. The second kappa shape index (κ2) is 4.12. The largest absolute Gasteiger partial charge is 0.250 e. The van der Waals surface area contributed by atoms with Crippen LogP contribution in [0.4, 0.5) is 0 Å². The molecule has 0 bridgehead atoms. The van der Waals surface area contributed by atoms with Gasteiger partial charge >= 0.3 is 0 Å². The molecule has 11 heavy (non-hydrogen) atoms. The Morgan fingerprint density at radius 2 is 2.55 bits per heavy atom. The number of aryl methyl sites for hydroxylation is 1. The number of thiol groups is 1. The van der Waals surface area contributed by atoms with Crippen LogP contribution in [0.5, 0.6) is 0 Å². The fourth-order valence-corrected chi connectivity index (χ4v) is 2.33. The van der Waals surface area contributed by atoms with E-state index in [0.29, 0.717) is 5.25 Å². The summed E-state index contributed by atoms with van der Waals surface area (Å²) in [6.07, 6.45) is 1.97. The van der Waals surface area contributed by atoms with E-state index < -0.39 is 0 Å². The zero-order valence-electron chi connectivity index (χ0n) is 6.58. The van der Waals surface area contributed by atoms with Crippen molar-refractivity contribution >= 4 is 24.0 Å². The Labute approximate surface area is 77.3 Å². The van der Waals surface area contributed by atoms with E-state index in [9.17, 15) is 0 Å². The second-order valence-electron chi connectivity index (χ2n) is 2.46. The predicted octanol–water partition coefficient (Wildman–Crippen LogP) is 3.04. The molecule has 0 saturated heterocycles. The molecule has 1 aromatic heterocycles.